The highest BCUT2D eigenvalue weighted by Gasteiger charge is 2.29. The standard InChI is InChI=1S/C20H22FN9O4/c1-10-16(30-24-3-4-25-30)6-11(8-23-10)26-18-12(17(22)31)7-13(21)19(29-18)27-14-2-5-34-9-15(14)28-20(32)33/h3-4,6-8,14-15,28H,2,5,9H2,1H3,(H2,22,31)(H,32,33)(H2,26,27,29)/t14-,15+/m1/s1. The van der Waals surface area contributed by atoms with Gasteiger partial charge in [0.2, 0.25) is 0 Å². The third-order valence-electron chi connectivity index (χ3n) is 5.19. The van der Waals surface area contributed by atoms with Crippen molar-refractivity contribution in [2.75, 3.05) is 23.8 Å². The molecule has 1 fully saturated rings. The molecule has 0 spiro atoms. The normalized spacial score (nSPS) is 17.7. The summed E-state index contributed by atoms with van der Waals surface area (Å²) in [6, 6.07) is 1.55. The fraction of sp³-hybridized carbons (Fsp3) is 0.300. The van der Waals surface area contributed by atoms with E-state index in [2.05, 4.69) is 36.1 Å². The zero-order valence-corrected chi connectivity index (χ0v) is 18.0. The number of rotatable bonds is 7. The summed E-state index contributed by atoms with van der Waals surface area (Å²) in [5, 5.41) is 25.4. The molecule has 13 nitrogen and oxygen atoms in total. The Hall–Kier alpha value is -4.33. The molecule has 2 atom stereocenters. The van der Waals surface area contributed by atoms with Gasteiger partial charge >= 0.3 is 6.09 Å². The molecule has 4 rings (SSSR count). The molecule has 0 aliphatic carbocycles. The summed E-state index contributed by atoms with van der Waals surface area (Å²) in [5.41, 5.74) is 6.94. The zero-order valence-electron chi connectivity index (χ0n) is 18.0. The number of carboxylic acid groups (broad SMARTS) is 1. The van der Waals surface area contributed by atoms with Crippen LogP contribution in [0.5, 0.6) is 0 Å². The fourth-order valence-electron chi connectivity index (χ4n) is 3.53. The second-order valence-corrected chi connectivity index (χ2v) is 7.52. The molecule has 1 aliphatic rings. The summed E-state index contributed by atoms with van der Waals surface area (Å²) in [4.78, 5) is 33.0. The van der Waals surface area contributed by atoms with Gasteiger partial charge < -0.3 is 31.5 Å². The number of nitrogens with two attached hydrogens (primary N) is 1. The Bertz CT molecular complexity index is 1210. The fourth-order valence-corrected chi connectivity index (χ4v) is 3.53. The molecule has 4 heterocycles. The molecule has 0 unspecified atom stereocenters. The number of nitrogens with one attached hydrogen (secondary N) is 3. The van der Waals surface area contributed by atoms with Gasteiger partial charge in [0.05, 0.1) is 54.2 Å². The smallest absolute Gasteiger partial charge is 0.405 e. The molecule has 1 aliphatic heterocycles. The zero-order chi connectivity index (χ0) is 24.2. The number of anilines is 3. The predicted octanol–water partition coefficient (Wildman–Crippen LogP) is 1.18. The molecule has 3 aromatic rings. The van der Waals surface area contributed by atoms with Crippen LogP contribution in [0.3, 0.4) is 0 Å². The maximum Gasteiger partial charge on any atom is 0.405 e. The van der Waals surface area contributed by atoms with Crippen LogP contribution in [0.4, 0.5) is 26.5 Å². The number of hydrogen-bond acceptors (Lipinski definition) is 9. The first-order valence-electron chi connectivity index (χ1n) is 10.3. The van der Waals surface area contributed by atoms with Crippen LogP contribution in [0.25, 0.3) is 5.69 Å². The Morgan fingerprint density at radius 1 is 1.24 bits per heavy atom. The van der Waals surface area contributed by atoms with Crippen molar-refractivity contribution in [1.29, 1.82) is 0 Å². The van der Waals surface area contributed by atoms with Crippen molar-refractivity contribution < 1.29 is 23.8 Å². The number of amides is 2. The van der Waals surface area contributed by atoms with Gasteiger partial charge in [-0.3, -0.25) is 9.78 Å². The van der Waals surface area contributed by atoms with E-state index >= 15 is 0 Å². The minimum absolute atomic E-state index is 0.00349. The lowest BCUT2D eigenvalue weighted by atomic mass is 10.0. The number of pyridine rings is 2. The van der Waals surface area contributed by atoms with Crippen molar-refractivity contribution in [2.24, 2.45) is 5.73 Å². The van der Waals surface area contributed by atoms with Gasteiger partial charge in [0.25, 0.3) is 5.91 Å². The SMILES string of the molecule is Cc1ncc(Nc2nc(N[C@@H]3CCOC[C@@H]3NC(=O)O)c(F)cc2C(N)=O)cc1-n1nccn1. The topological polar surface area (TPSA) is 182 Å². The summed E-state index contributed by atoms with van der Waals surface area (Å²) in [5.74, 6) is -1.88. The molecule has 0 saturated carbocycles. The molecular formula is C20H22FN9O4. The minimum Gasteiger partial charge on any atom is -0.465 e. The minimum atomic E-state index is -1.23. The van der Waals surface area contributed by atoms with Gasteiger partial charge in [-0.25, -0.2) is 14.2 Å². The highest BCUT2D eigenvalue weighted by Crippen LogP contribution is 2.26. The van der Waals surface area contributed by atoms with Gasteiger partial charge in [0.1, 0.15) is 11.5 Å². The van der Waals surface area contributed by atoms with Gasteiger partial charge in [-0.1, -0.05) is 0 Å². The first-order valence-corrected chi connectivity index (χ1v) is 10.3. The lowest BCUT2D eigenvalue weighted by Gasteiger charge is -2.32. The molecule has 0 bridgehead atoms. The van der Waals surface area contributed by atoms with E-state index in [9.17, 15) is 14.0 Å². The van der Waals surface area contributed by atoms with Crippen LogP contribution in [0.15, 0.2) is 30.7 Å². The van der Waals surface area contributed by atoms with E-state index in [1.165, 1.54) is 23.4 Å². The van der Waals surface area contributed by atoms with E-state index in [0.717, 1.165) is 6.07 Å². The lowest BCUT2D eigenvalue weighted by molar-refractivity contribution is 0.0625. The van der Waals surface area contributed by atoms with Crippen LogP contribution >= 0.6 is 0 Å². The van der Waals surface area contributed by atoms with Crippen LogP contribution in [0.1, 0.15) is 22.5 Å². The molecule has 14 heteroatoms. The third kappa shape index (κ3) is 5.01. The number of carbonyl (C=O) groups excluding carboxylic acids is 1. The van der Waals surface area contributed by atoms with E-state index in [1.807, 2.05) is 0 Å². The van der Waals surface area contributed by atoms with E-state index in [1.54, 1.807) is 13.0 Å². The average molecular weight is 471 g/mol. The van der Waals surface area contributed by atoms with Crippen molar-refractivity contribution in [3.8, 4) is 5.69 Å². The van der Waals surface area contributed by atoms with Gasteiger partial charge in [-0.05, 0) is 25.5 Å². The number of primary amides is 1. The highest BCUT2D eigenvalue weighted by molar-refractivity contribution is 5.98. The highest BCUT2D eigenvalue weighted by atomic mass is 19.1. The van der Waals surface area contributed by atoms with Crippen molar-refractivity contribution in [3.05, 3.63) is 47.8 Å². The van der Waals surface area contributed by atoms with Gasteiger partial charge in [0, 0.05) is 6.61 Å². The van der Waals surface area contributed by atoms with Crippen LogP contribution in [-0.4, -0.2) is 67.4 Å². The third-order valence-corrected chi connectivity index (χ3v) is 5.19. The number of carbonyl (C=O) groups is 2. The molecule has 6 N–H and O–H groups in total. The molecular weight excluding hydrogens is 449 g/mol. The Balaban J connectivity index is 1.65. The van der Waals surface area contributed by atoms with E-state index in [0.29, 0.717) is 30.1 Å². The molecule has 3 aromatic heterocycles. The van der Waals surface area contributed by atoms with E-state index in [4.69, 9.17) is 15.6 Å². The van der Waals surface area contributed by atoms with Crippen LogP contribution in [-0.2, 0) is 4.74 Å². The van der Waals surface area contributed by atoms with E-state index < -0.39 is 29.9 Å². The van der Waals surface area contributed by atoms with Gasteiger partial charge in [-0.15, -0.1) is 4.80 Å². The molecule has 0 aromatic carbocycles. The summed E-state index contributed by atoms with van der Waals surface area (Å²) in [6.45, 7) is 2.27. The lowest BCUT2D eigenvalue weighted by Crippen LogP contribution is -2.52. The molecule has 178 valence electrons. The summed E-state index contributed by atoms with van der Waals surface area (Å²) in [6.07, 6.45) is 3.74. The van der Waals surface area contributed by atoms with Crippen LogP contribution < -0.4 is 21.7 Å². The molecule has 34 heavy (non-hydrogen) atoms. The summed E-state index contributed by atoms with van der Waals surface area (Å²) >= 11 is 0. The van der Waals surface area contributed by atoms with Crippen molar-refractivity contribution in [1.82, 2.24) is 30.3 Å². The first kappa shape index (κ1) is 22.8. The number of hydrogen-bond donors (Lipinski definition) is 5. The maximum absolute atomic E-state index is 14.8. The van der Waals surface area contributed by atoms with Crippen molar-refractivity contribution in [3.63, 3.8) is 0 Å². The molecule has 1 saturated heterocycles. The number of ether oxygens (including phenoxy) is 1. The van der Waals surface area contributed by atoms with Crippen LogP contribution in [0.2, 0.25) is 0 Å². The largest absolute Gasteiger partial charge is 0.465 e. The number of halogens is 1. The maximum atomic E-state index is 14.8. The Kier molecular flexibility index (Phi) is 6.49. The number of nitrogens with zero attached hydrogens (tertiary/aromatic N) is 5. The summed E-state index contributed by atoms with van der Waals surface area (Å²) in [7, 11) is 0. The number of aryl methyl sites for hydroxylation is 1. The first-order chi connectivity index (χ1) is 16.3. The second kappa shape index (κ2) is 9.66. The second-order valence-electron chi connectivity index (χ2n) is 7.52. The monoisotopic (exact) mass is 471 g/mol. The van der Waals surface area contributed by atoms with Gasteiger partial charge in [-0.2, -0.15) is 10.2 Å². The predicted molar refractivity (Wildman–Crippen MR) is 118 cm³/mol. The number of aromatic nitrogens is 5. The van der Waals surface area contributed by atoms with Crippen molar-refractivity contribution >= 4 is 29.3 Å². The molecule has 0 radical (unpaired) electrons. The Morgan fingerprint density at radius 3 is 2.71 bits per heavy atom. The molecule has 2 amide bonds. The Morgan fingerprint density at radius 2 is 2.00 bits per heavy atom. The van der Waals surface area contributed by atoms with Crippen LogP contribution in [0, 0.1) is 12.7 Å². The quantitative estimate of drug-likeness (QED) is 0.335. The van der Waals surface area contributed by atoms with Gasteiger partial charge in [0.15, 0.2) is 11.6 Å². The Labute approximate surface area is 192 Å². The van der Waals surface area contributed by atoms with E-state index in [-0.39, 0.29) is 23.8 Å². The summed E-state index contributed by atoms with van der Waals surface area (Å²) < 4.78 is 20.1. The van der Waals surface area contributed by atoms with Crippen molar-refractivity contribution in [2.45, 2.75) is 25.4 Å². The average Bonchev–Trinajstić information content (AvgIpc) is 3.32.